The minimum atomic E-state index is -4.66. The lowest BCUT2D eigenvalue weighted by atomic mass is 10.2. The molecular weight excluding hydrogens is 295 g/mol. The smallest absolute Gasteiger partial charge is 0.311 e. The molecule has 20 heavy (non-hydrogen) atoms. The molecule has 2 rings (SSSR count). The first-order valence-corrected chi connectivity index (χ1v) is 5.82. The average molecular weight is 304 g/mol. The van der Waals surface area contributed by atoms with Crippen LogP contribution in [0, 0.1) is 0 Å². The van der Waals surface area contributed by atoms with Crippen molar-refractivity contribution < 1.29 is 18.0 Å². The summed E-state index contributed by atoms with van der Waals surface area (Å²) in [6, 6.07) is 6.16. The first-order valence-electron chi connectivity index (χ1n) is 5.45. The third-order valence-corrected chi connectivity index (χ3v) is 2.92. The zero-order valence-electron chi connectivity index (χ0n) is 10.2. The summed E-state index contributed by atoms with van der Waals surface area (Å²) in [6.07, 6.45) is -3.81. The molecule has 0 saturated carbocycles. The van der Waals surface area contributed by atoms with Gasteiger partial charge < -0.3 is 4.90 Å². The Morgan fingerprint density at radius 2 is 1.90 bits per heavy atom. The van der Waals surface area contributed by atoms with Crippen molar-refractivity contribution in [1.29, 1.82) is 0 Å². The lowest BCUT2D eigenvalue weighted by molar-refractivity contribution is -0.141. The third kappa shape index (κ3) is 2.77. The van der Waals surface area contributed by atoms with Gasteiger partial charge in [0.05, 0.1) is 11.8 Å². The molecule has 0 atom stereocenters. The quantitative estimate of drug-likeness (QED) is 0.925. The molecule has 0 aliphatic heterocycles. The highest BCUT2D eigenvalue weighted by Crippen LogP contribution is 2.31. The number of halogens is 4. The Morgan fingerprint density at radius 1 is 1.30 bits per heavy atom. The van der Waals surface area contributed by atoms with Crippen molar-refractivity contribution in [1.82, 2.24) is 10.2 Å². The molecule has 0 aliphatic carbocycles. The van der Waals surface area contributed by atoms with Crippen LogP contribution in [0.4, 0.5) is 18.9 Å². The van der Waals surface area contributed by atoms with Crippen LogP contribution in [0.3, 0.4) is 0 Å². The summed E-state index contributed by atoms with van der Waals surface area (Å²) in [5.74, 6) is -0.812. The Labute approximate surface area is 117 Å². The van der Waals surface area contributed by atoms with E-state index in [1.54, 1.807) is 17.2 Å². The van der Waals surface area contributed by atoms with Crippen LogP contribution in [-0.4, -0.2) is 23.2 Å². The second-order valence-corrected chi connectivity index (χ2v) is 4.43. The topological polar surface area (TPSA) is 49.0 Å². The number of aromatic amines is 1. The number of hydrogen-bond donors (Lipinski definition) is 1. The fraction of sp³-hybridized carbons (Fsp3) is 0.167. The van der Waals surface area contributed by atoms with E-state index >= 15 is 0 Å². The van der Waals surface area contributed by atoms with Gasteiger partial charge in [-0.2, -0.15) is 18.3 Å². The maximum atomic E-state index is 12.7. The van der Waals surface area contributed by atoms with Crippen molar-refractivity contribution in [2.75, 3.05) is 11.9 Å². The first kappa shape index (κ1) is 14.4. The van der Waals surface area contributed by atoms with Crippen molar-refractivity contribution in [2.24, 2.45) is 0 Å². The van der Waals surface area contributed by atoms with Gasteiger partial charge in [-0.1, -0.05) is 11.6 Å². The summed E-state index contributed by atoms with van der Waals surface area (Å²) in [6.45, 7) is 0. The number of aromatic nitrogens is 2. The van der Waals surface area contributed by atoms with Crippen molar-refractivity contribution in [3.63, 3.8) is 0 Å². The SMILES string of the molecule is CN(C(=O)c1cn[nH]c1C(F)(F)F)c1ccc(Cl)cc1. The zero-order valence-corrected chi connectivity index (χ0v) is 11.0. The van der Waals surface area contributed by atoms with Gasteiger partial charge in [0.2, 0.25) is 0 Å². The number of carbonyl (C=O) groups is 1. The van der Waals surface area contributed by atoms with E-state index in [-0.39, 0.29) is 0 Å². The number of alkyl halides is 3. The van der Waals surface area contributed by atoms with Crippen LogP contribution in [0.2, 0.25) is 5.02 Å². The molecular formula is C12H9ClF3N3O. The Hall–Kier alpha value is -2.02. The molecule has 4 nitrogen and oxygen atoms in total. The van der Waals surface area contributed by atoms with E-state index in [0.717, 1.165) is 11.1 Å². The summed E-state index contributed by atoms with van der Waals surface area (Å²) < 4.78 is 38.1. The third-order valence-electron chi connectivity index (χ3n) is 2.67. The number of nitrogens with one attached hydrogen (secondary N) is 1. The molecule has 1 heterocycles. The molecule has 1 aromatic heterocycles. The number of rotatable bonds is 2. The van der Waals surface area contributed by atoms with Gasteiger partial charge in [-0.05, 0) is 24.3 Å². The highest BCUT2D eigenvalue weighted by atomic mass is 35.5. The Bertz CT molecular complexity index is 622. The maximum absolute atomic E-state index is 12.7. The standard InChI is InChI=1S/C12H9ClF3N3O/c1-19(8-4-2-7(13)3-5-8)11(20)9-6-17-18-10(9)12(14,15)16/h2-6H,1H3,(H,17,18). The molecule has 1 N–H and O–H groups in total. The van der Waals surface area contributed by atoms with Gasteiger partial charge in [0, 0.05) is 17.8 Å². The fourth-order valence-corrected chi connectivity index (χ4v) is 1.75. The Kier molecular flexibility index (Phi) is 3.71. The lowest BCUT2D eigenvalue weighted by Crippen LogP contribution is -2.28. The van der Waals surface area contributed by atoms with E-state index < -0.39 is 23.3 Å². The molecule has 0 radical (unpaired) electrons. The number of benzene rings is 1. The highest BCUT2D eigenvalue weighted by Gasteiger charge is 2.38. The van der Waals surface area contributed by atoms with Crippen LogP contribution in [-0.2, 0) is 6.18 Å². The van der Waals surface area contributed by atoms with Gasteiger partial charge in [-0.25, -0.2) is 0 Å². The van der Waals surface area contributed by atoms with Crippen LogP contribution < -0.4 is 4.90 Å². The number of amides is 1. The van der Waals surface area contributed by atoms with Gasteiger partial charge >= 0.3 is 6.18 Å². The van der Waals surface area contributed by atoms with Crippen molar-refractivity contribution >= 4 is 23.2 Å². The second kappa shape index (κ2) is 5.16. The number of carbonyl (C=O) groups excluding carboxylic acids is 1. The van der Waals surface area contributed by atoms with Crippen molar-refractivity contribution in [2.45, 2.75) is 6.18 Å². The van der Waals surface area contributed by atoms with E-state index in [1.165, 1.54) is 19.2 Å². The van der Waals surface area contributed by atoms with Crippen LogP contribution in [0.25, 0.3) is 0 Å². The van der Waals surface area contributed by atoms with Gasteiger partial charge in [-0.3, -0.25) is 9.89 Å². The Balaban J connectivity index is 2.32. The number of hydrogen-bond acceptors (Lipinski definition) is 2. The first-order chi connectivity index (χ1) is 9.30. The molecule has 8 heteroatoms. The fourth-order valence-electron chi connectivity index (χ4n) is 1.63. The monoisotopic (exact) mass is 303 g/mol. The number of H-pyrrole nitrogens is 1. The predicted molar refractivity (Wildman–Crippen MR) is 67.8 cm³/mol. The summed E-state index contributed by atoms with van der Waals surface area (Å²) in [4.78, 5) is 13.2. The minimum absolute atomic E-state index is 0.425. The summed E-state index contributed by atoms with van der Waals surface area (Å²) >= 11 is 5.71. The predicted octanol–water partition coefficient (Wildman–Crippen LogP) is 3.36. The molecule has 1 amide bonds. The Morgan fingerprint density at radius 3 is 2.45 bits per heavy atom. The second-order valence-electron chi connectivity index (χ2n) is 4.00. The summed E-state index contributed by atoms with van der Waals surface area (Å²) in [5, 5.41) is 5.55. The maximum Gasteiger partial charge on any atom is 0.433 e. The van der Waals surface area contributed by atoms with Crippen molar-refractivity contribution in [3.8, 4) is 0 Å². The normalized spacial score (nSPS) is 11.4. The van der Waals surface area contributed by atoms with Crippen LogP contribution in [0.1, 0.15) is 16.1 Å². The van der Waals surface area contributed by atoms with E-state index in [1.807, 2.05) is 0 Å². The molecule has 0 unspecified atom stereocenters. The van der Waals surface area contributed by atoms with Gasteiger partial charge in [0.1, 0.15) is 0 Å². The zero-order chi connectivity index (χ0) is 14.9. The lowest BCUT2D eigenvalue weighted by Gasteiger charge is -2.17. The van der Waals surface area contributed by atoms with Gasteiger partial charge in [-0.15, -0.1) is 0 Å². The number of anilines is 1. The molecule has 1 aromatic carbocycles. The van der Waals surface area contributed by atoms with Gasteiger partial charge in [0.15, 0.2) is 5.69 Å². The molecule has 0 saturated heterocycles. The molecule has 0 spiro atoms. The molecule has 0 bridgehead atoms. The van der Waals surface area contributed by atoms with E-state index in [0.29, 0.717) is 10.7 Å². The highest BCUT2D eigenvalue weighted by molar-refractivity contribution is 6.30. The largest absolute Gasteiger partial charge is 0.433 e. The van der Waals surface area contributed by atoms with Crippen LogP contribution >= 0.6 is 11.6 Å². The minimum Gasteiger partial charge on any atom is -0.311 e. The van der Waals surface area contributed by atoms with Gasteiger partial charge in [0.25, 0.3) is 5.91 Å². The van der Waals surface area contributed by atoms with Crippen LogP contribution in [0.15, 0.2) is 30.5 Å². The summed E-state index contributed by atoms with van der Waals surface area (Å²) in [5.41, 5.74) is -1.27. The molecule has 106 valence electrons. The number of nitrogens with zero attached hydrogens (tertiary/aromatic N) is 2. The summed E-state index contributed by atoms with van der Waals surface area (Å²) in [7, 11) is 1.37. The van der Waals surface area contributed by atoms with Crippen LogP contribution in [0.5, 0.6) is 0 Å². The van der Waals surface area contributed by atoms with E-state index in [4.69, 9.17) is 11.6 Å². The molecule has 2 aromatic rings. The molecule has 0 aliphatic rings. The molecule has 0 fully saturated rings. The van der Waals surface area contributed by atoms with Crippen molar-refractivity contribution in [3.05, 3.63) is 46.7 Å². The van der Waals surface area contributed by atoms with E-state index in [2.05, 4.69) is 5.10 Å². The van der Waals surface area contributed by atoms with E-state index in [9.17, 15) is 18.0 Å². The average Bonchev–Trinajstić information content (AvgIpc) is 2.87.